The molecule has 0 heterocycles. The fourth-order valence-corrected chi connectivity index (χ4v) is 0.829. The van der Waals surface area contributed by atoms with Crippen LogP contribution in [0.1, 0.15) is 13.3 Å². The van der Waals surface area contributed by atoms with Gasteiger partial charge in [-0.15, -0.1) is 0 Å². The predicted octanol–water partition coefficient (Wildman–Crippen LogP) is 1.27. The van der Waals surface area contributed by atoms with Gasteiger partial charge in [-0.3, -0.25) is 4.90 Å². The molecule has 3 heteroatoms. The summed E-state index contributed by atoms with van der Waals surface area (Å²) in [5, 5.41) is 18.1. The molecule has 0 aliphatic rings. The molecule has 12 heavy (non-hydrogen) atoms. The third-order valence-electron chi connectivity index (χ3n) is 1.49. The van der Waals surface area contributed by atoms with Crippen molar-refractivity contribution in [2.75, 3.05) is 13.6 Å². The van der Waals surface area contributed by atoms with Gasteiger partial charge in [0, 0.05) is 6.54 Å². The highest BCUT2D eigenvalue weighted by atomic mass is 16.3. The lowest BCUT2D eigenvalue weighted by molar-refractivity contribution is 0.0628. The first-order valence-electron chi connectivity index (χ1n) is 4.02. The normalized spacial score (nSPS) is 14.0. The van der Waals surface area contributed by atoms with Crippen LogP contribution in [0, 0.1) is 0 Å². The molecule has 0 saturated heterocycles. The van der Waals surface area contributed by atoms with Crippen molar-refractivity contribution >= 4 is 0 Å². The van der Waals surface area contributed by atoms with Gasteiger partial charge in [-0.05, 0) is 25.6 Å². The third kappa shape index (κ3) is 4.93. The van der Waals surface area contributed by atoms with Gasteiger partial charge in [0.2, 0.25) is 0 Å². The molecule has 1 unspecified atom stereocenters. The first-order valence-corrected chi connectivity index (χ1v) is 4.02. The molecule has 0 fully saturated rings. The second-order valence-corrected chi connectivity index (χ2v) is 2.74. The van der Waals surface area contributed by atoms with Crippen molar-refractivity contribution in [2.45, 2.75) is 19.6 Å². The highest BCUT2D eigenvalue weighted by molar-refractivity contribution is 5.06. The summed E-state index contributed by atoms with van der Waals surface area (Å²) >= 11 is 0. The maximum absolute atomic E-state index is 9.38. The van der Waals surface area contributed by atoms with E-state index in [0.717, 1.165) is 13.0 Å². The van der Waals surface area contributed by atoms with E-state index in [4.69, 9.17) is 5.11 Å². The Morgan fingerprint density at radius 2 is 2.25 bits per heavy atom. The lowest BCUT2D eigenvalue weighted by atomic mass is 10.3. The Kier molecular flexibility index (Phi) is 5.41. The summed E-state index contributed by atoms with van der Waals surface area (Å²) in [6.07, 6.45) is 3.23. The maximum atomic E-state index is 9.38. The zero-order valence-electron chi connectivity index (χ0n) is 7.70. The lowest BCUT2D eigenvalue weighted by Crippen LogP contribution is -2.30. The first-order chi connectivity index (χ1) is 5.57. The molecule has 0 aromatic heterocycles. The highest BCUT2D eigenvalue weighted by Crippen LogP contribution is 1.97. The van der Waals surface area contributed by atoms with Crippen molar-refractivity contribution in [3.05, 3.63) is 24.5 Å². The zero-order chi connectivity index (χ0) is 9.56. The van der Waals surface area contributed by atoms with E-state index in [2.05, 4.69) is 6.58 Å². The molecule has 0 aromatic rings. The molecule has 0 aliphatic carbocycles. The molecule has 0 spiro atoms. The van der Waals surface area contributed by atoms with E-state index in [-0.39, 0.29) is 5.76 Å². The Balaban J connectivity index is 3.85. The van der Waals surface area contributed by atoms with Crippen LogP contribution in [0.15, 0.2) is 24.5 Å². The molecule has 0 saturated carbocycles. The molecule has 1 atom stereocenters. The van der Waals surface area contributed by atoms with Crippen LogP contribution in [0.4, 0.5) is 0 Å². The van der Waals surface area contributed by atoms with Crippen LogP contribution in [0.3, 0.4) is 0 Å². The van der Waals surface area contributed by atoms with Crippen LogP contribution in [0.25, 0.3) is 0 Å². The number of nitrogens with zero attached hydrogens (tertiary/aromatic N) is 1. The van der Waals surface area contributed by atoms with Crippen LogP contribution in [0.5, 0.6) is 0 Å². The van der Waals surface area contributed by atoms with Crippen molar-refractivity contribution in [1.29, 1.82) is 0 Å². The number of hydrogen-bond donors (Lipinski definition) is 2. The van der Waals surface area contributed by atoms with Gasteiger partial charge in [-0.1, -0.05) is 13.5 Å². The second-order valence-electron chi connectivity index (χ2n) is 2.74. The average Bonchev–Trinajstić information content (AvgIpc) is 2.00. The van der Waals surface area contributed by atoms with Gasteiger partial charge in [0.1, 0.15) is 12.0 Å². The Labute approximate surface area is 73.6 Å². The molecule has 2 N–H and O–H groups in total. The van der Waals surface area contributed by atoms with Gasteiger partial charge in [0.25, 0.3) is 0 Å². The minimum absolute atomic E-state index is 0.0426. The largest absolute Gasteiger partial charge is 0.509 e. The minimum Gasteiger partial charge on any atom is -0.509 e. The van der Waals surface area contributed by atoms with Crippen LogP contribution in [-0.2, 0) is 0 Å². The molecule has 70 valence electrons. The molecule has 3 nitrogen and oxygen atoms in total. The summed E-state index contributed by atoms with van der Waals surface area (Å²) in [4.78, 5) is 1.78. The van der Waals surface area contributed by atoms with Crippen LogP contribution >= 0.6 is 0 Å². The SMILES string of the molecule is C=C(O)/C=C\C(O)N(C)CCC. The van der Waals surface area contributed by atoms with Crippen molar-refractivity contribution < 1.29 is 10.2 Å². The van der Waals surface area contributed by atoms with E-state index in [1.54, 1.807) is 4.90 Å². The summed E-state index contributed by atoms with van der Waals surface area (Å²) in [6, 6.07) is 0. The summed E-state index contributed by atoms with van der Waals surface area (Å²) in [5.41, 5.74) is 0. The number of rotatable bonds is 5. The molecule has 0 bridgehead atoms. The number of hydrogen-bond acceptors (Lipinski definition) is 3. The highest BCUT2D eigenvalue weighted by Gasteiger charge is 2.04. The van der Waals surface area contributed by atoms with Crippen molar-refractivity contribution in [3.8, 4) is 0 Å². The molecule has 0 amide bonds. The fraction of sp³-hybridized carbons (Fsp3) is 0.556. The topological polar surface area (TPSA) is 43.7 Å². The second kappa shape index (κ2) is 5.80. The monoisotopic (exact) mass is 171 g/mol. The van der Waals surface area contributed by atoms with Gasteiger partial charge in [-0.25, -0.2) is 0 Å². The van der Waals surface area contributed by atoms with E-state index in [1.165, 1.54) is 12.2 Å². The van der Waals surface area contributed by atoms with Crippen LogP contribution in [0.2, 0.25) is 0 Å². The zero-order valence-corrected chi connectivity index (χ0v) is 7.70. The fourth-order valence-electron chi connectivity index (χ4n) is 0.829. The van der Waals surface area contributed by atoms with Crippen molar-refractivity contribution in [1.82, 2.24) is 4.90 Å². The number of aliphatic hydroxyl groups is 2. The summed E-state index contributed by atoms with van der Waals surface area (Å²) < 4.78 is 0. The Bertz CT molecular complexity index is 166. The van der Waals surface area contributed by atoms with Gasteiger partial charge in [0.05, 0.1) is 0 Å². The molecule has 0 aliphatic heterocycles. The van der Waals surface area contributed by atoms with Crippen molar-refractivity contribution in [3.63, 3.8) is 0 Å². The van der Waals surface area contributed by atoms with Gasteiger partial charge < -0.3 is 10.2 Å². The first kappa shape index (κ1) is 11.2. The number of aliphatic hydroxyl groups excluding tert-OH is 2. The van der Waals surface area contributed by atoms with Crippen LogP contribution < -0.4 is 0 Å². The minimum atomic E-state index is -0.645. The van der Waals surface area contributed by atoms with Gasteiger partial charge in [-0.2, -0.15) is 0 Å². The standard InChI is InChI=1S/C9H17NO2/c1-4-7-10(3)9(12)6-5-8(2)11/h5-6,9,11-12H,2,4,7H2,1,3H3/b6-5-. The Morgan fingerprint density at radius 3 is 2.67 bits per heavy atom. The van der Waals surface area contributed by atoms with Gasteiger partial charge in [0.15, 0.2) is 0 Å². The molecular weight excluding hydrogens is 154 g/mol. The smallest absolute Gasteiger partial charge is 0.126 e. The van der Waals surface area contributed by atoms with Crippen molar-refractivity contribution in [2.24, 2.45) is 0 Å². The summed E-state index contributed by atoms with van der Waals surface area (Å²) in [5.74, 6) is -0.0426. The molecule has 0 radical (unpaired) electrons. The number of likely N-dealkylation sites (N-methyl/N-ethyl adjacent to an activating group) is 1. The van der Waals surface area contributed by atoms with E-state index in [0.29, 0.717) is 0 Å². The lowest BCUT2D eigenvalue weighted by Gasteiger charge is -2.19. The summed E-state index contributed by atoms with van der Waals surface area (Å²) in [7, 11) is 1.82. The van der Waals surface area contributed by atoms with E-state index < -0.39 is 6.23 Å². The van der Waals surface area contributed by atoms with E-state index in [9.17, 15) is 5.11 Å². The van der Waals surface area contributed by atoms with Crippen LogP contribution in [-0.4, -0.2) is 34.9 Å². The Hall–Kier alpha value is -0.800. The average molecular weight is 171 g/mol. The molecule has 0 aromatic carbocycles. The predicted molar refractivity (Wildman–Crippen MR) is 49.8 cm³/mol. The maximum Gasteiger partial charge on any atom is 0.126 e. The van der Waals surface area contributed by atoms with E-state index >= 15 is 0 Å². The Morgan fingerprint density at radius 1 is 1.67 bits per heavy atom. The molecular formula is C9H17NO2. The molecule has 0 rings (SSSR count). The number of allylic oxidation sites excluding steroid dienone is 1. The quantitative estimate of drug-likeness (QED) is 0.372. The van der Waals surface area contributed by atoms with Gasteiger partial charge >= 0.3 is 0 Å². The van der Waals surface area contributed by atoms with E-state index in [1.807, 2.05) is 14.0 Å². The summed E-state index contributed by atoms with van der Waals surface area (Å²) in [6.45, 7) is 6.13. The third-order valence-corrected chi connectivity index (χ3v) is 1.49.